The van der Waals surface area contributed by atoms with Gasteiger partial charge in [-0.25, -0.2) is 13.1 Å². The number of sulfonamides is 1. The molecule has 29 heavy (non-hydrogen) atoms. The van der Waals surface area contributed by atoms with E-state index in [0.717, 1.165) is 35.9 Å². The van der Waals surface area contributed by atoms with Crippen LogP contribution < -0.4 is 4.72 Å². The summed E-state index contributed by atoms with van der Waals surface area (Å²) in [5, 5.41) is 11.3. The molecule has 1 aliphatic rings. The molecule has 4 rings (SSSR count). The fourth-order valence-electron chi connectivity index (χ4n) is 3.73. The maximum Gasteiger partial charge on any atom is 0.242 e. The molecule has 1 N–H and O–H groups in total. The first-order valence-electron chi connectivity index (χ1n) is 9.54. The molecule has 0 spiro atoms. The van der Waals surface area contributed by atoms with Crippen molar-refractivity contribution in [1.82, 2.24) is 14.3 Å². The van der Waals surface area contributed by atoms with Crippen LogP contribution in [0.3, 0.4) is 0 Å². The number of hydrogen-bond acceptors (Lipinski definition) is 4. The van der Waals surface area contributed by atoms with Crippen molar-refractivity contribution < 1.29 is 8.42 Å². The third-order valence-corrected chi connectivity index (χ3v) is 7.08. The SMILES string of the molecule is CC(C)NS(=O)(=O)c1ccc(-c2c(C#N)c3cc(Cl)ccc3n2C2CCC2)nc1. The zero-order chi connectivity index (χ0) is 20.8. The summed E-state index contributed by atoms with van der Waals surface area (Å²) in [6.07, 6.45) is 4.56. The van der Waals surface area contributed by atoms with Gasteiger partial charge in [0.2, 0.25) is 10.0 Å². The first-order chi connectivity index (χ1) is 13.8. The molecule has 1 aliphatic carbocycles. The first-order valence-corrected chi connectivity index (χ1v) is 11.4. The maximum absolute atomic E-state index is 12.4. The van der Waals surface area contributed by atoms with Gasteiger partial charge in [-0.15, -0.1) is 0 Å². The fourth-order valence-corrected chi connectivity index (χ4v) is 5.10. The van der Waals surface area contributed by atoms with E-state index in [-0.39, 0.29) is 10.9 Å². The number of rotatable bonds is 5. The molecule has 2 aromatic heterocycles. The Balaban J connectivity index is 1.89. The second-order valence-corrected chi connectivity index (χ2v) is 9.76. The van der Waals surface area contributed by atoms with Crippen LogP contribution in [0.4, 0.5) is 0 Å². The third kappa shape index (κ3) is 3.52. The highest BCUT2D eigenvalue weighted by atomic mass is 35.5. The molecule has 0 radical (unpaired) electrons. The number of aromatic nitrogens is 2. The average Bonchev–Trinajstić information content (AvgIpc) is 2.92. The molecule has 3 aromatic rings. The Morgan fingerprint density at radius 2 is 2.03 bits per heavy atom. The smallest absolute Gasteiger partial charge is 0.242 e. The Kier molecular flexibility index (Phi) is 5.11. The van der Waals surface area contributed by atoms with Crippen molar-refractivity contribution in [3.63, 3.8) is 0 Å². The van der Waals surface area contributed by atoms with Crippen LogP contribution in [0.5, 0.6) is 0 Å². The summed E-state index contributed by atoms with van der Waals surface area (Å²) in [4.78, 5) is 4.53. The topological polar surface area (TPSA) is 87.8 Å². The van der Waals surface area contributed by atoms with Gasteiger partial charge in [-0.3, -0.25) is 4.98 Å². The summed E-state index contributed by atoms with van der Waals surface area (Å²) >= 11 is 6.19. The van der Waals surface area contributed by atoms with Crippen molar-refractivity contribution >= 4 is 32.5 Å². The Labute approximate surface area is 175 Å². The van der Waals surface area contributed by atoms with Gasteiger partial charge in [0.05, 0.1) is 22.5 Å². The average molecular weight is 429 g/mol. The van der Waals surface area contributed by atoms with Crippen molar-refractivity contribution in [2.45, 2.75) is 50.1 Å². The van der Waals surface area contributed by atoms with Gasteiger partial charge in [0.1, 0.15) is 11.0 Å². The highest BCUT2D eigenvalue weighted by Gasteiger charge is 2.28. The van der Waals surface area contributed by atoms with Crippen molar-refractivity contribution in [1.29, 1.82) is 5.26 Å². The highest BCUT2D eigenvalue weighted by Crippen LogP contribution is 2.42. The van der Waals surface area contributed by atoms with Crippen LogP contribution in [0.2, 0.25) is 5.02 Å². The Morgan fingerprint density at radius 3 is 2.59 bits per heavy atom. The number of nitrogens with one attached hydrogen (secondary N) is 1. The second kappa shape index (κ2) is 7.45. The van der Waals surface area contributed by atoms with Gasteiger partial charge in [-0.2, -0.15) is 5.26 Å². The van der Waals surface area contributed by atoms with E-state index in [9.17, 15) is 13.7 Å². The van der Waals surface area contributed by atoms with Gasteiger partial charge in [-0.1, -0.05) is 11.6 Å². The van der Waals surface area contributed by atoms with Crippen LogP contribution in [0.15, 0.2) is 41.4 Å². The van der Waals surface area contributed by atoms with E-state index in [1.807, 2.05) is 12.1 Å². The molecule has 1 saturated carbocycles. The predicted octanol–water partition coefficient (Wildman–Crippen LogP) is 4.64. The molecule has 2 heterocycles. The van der Waals surface area contributed by atoms with Gasteiger partial charge >= 0.3 is 0 Å². The lowest BCUT2D eigenvalue weighted by atomic mass is 9.92. The lowest BCUT2D eigenvalue weighted by Crippen LogP contribution is -2.30. The zero-order valence-corrected chi connectivity index (χ0v) is 17.8. The van der Waals surface area contributed by atoms with Crippen LogP contribution in [-0.2, 0) is 10.0 Å². The van der Waals surface area contributed by atoms with Crippen molar-refractivity contribution in [3.8, 4) is 17.5 Å². The maximum atomic E-state index is 12.4. The molecule has 6 nitrogen and oxygen atoms in total. The summed E-state index contributed by atoms with van der Waals surface area (Å²) in [7, 11) is -3.63. The van der Waals surface area contributed by atoms with Gasteiger partial charge in [0.15, 0.2) is 0 Å². The van der Waals surface area contributed by atoms with Crippen LogP contribution in [0, 0.1) is 11.3 Å². The molecule has 0 amide bonds. The number of nitrogens with zero attached hydrogens (tertiary/aromatic N) is 3. The van der Waals surface area contributed by atoms with Gasteiger partial charge in [-0.05, 0) is 63.4 Å². The largest absolute Gasteiger partial charge is 0.335 e. The standard InChI is InChI=1S/C21H21ClN4O2S/c1-13(2)25-29(27,28)16-7-8-19(24-12-16)21-18(11-23)17-10-14(22)6-9-20(17)26(21)15-4-3-5-15/h6-10,12-13,15,25H,3-5H2,1-2H3. The first kappa shape index (κ1) is 19.9. The minimum absolute atomic E-state index is 0.0998. The highest BCUT2D eigenvalue weighted by molar-refractivity contribution is 7.89. The molecule has 0 bridgehead atoms. The molecule has 0 atom stereocenters. The third-order valence-electron chi connectivity index (χ3n) is 5.20. The molecule has 150 valence electrons. The number of hydrogen-bond donors (Lipinski definition) is 1. The van der Waals surface area contributed by atoms with Gasteiger partial charge in [0, 0.05) is 28.7 Å². The van der Waals surface area contributed by atoms with Crippen molar-refractivity contribution in [2.75, 3.05) is 0 Å². The number of fused-ring (bicyclic) bond motifs is 1. The molecule has 1 fully saturated rings. The molecular formula is C21H21ClN4O2S. The van der Waals surface area contributed by atoms with E-state index in [1.54, 1.807) is 26.0 Å². The summed E-state index contributed by atoms with van der Waals surface area (Å²) in [6, 6.07) is 11.2. The number of benzene rings is 1. The fraction of sp³-hybridized carbons (Fsp3) is 0.333. The molecular weight excluding hydrogens is 408 g/mol. The Morgan fingerprint density at radius 1 is 1.28 bits per heavy atom. The summed E-state index contributed by atoms with van der Waals surface area (Å²) in [6.45, 7) is 3.53. The van der Waals surface area contributed by atoms with Gasteiger partial charge < -0.3 is 4.57 Å². The van der Waals surface area contributed by atoms with E-state index >= 15 is 0 Å². The Bertz CT molecular complexity index is 1220. The van der Waals surface area contributed by atoms with Crippen LogP contribution in [0.25, 0.3) is 22.3 Å². The minimum atomic E-state index is -3.63. The van der Waals surface area contributed by atoms with Crippen LogP contribution >= 0.6 is 11.6 Å². The zero-order valence-electron chi connectivity index (χ0n) is 16.2. The number of pyridine rings is 1. The summed E-state index contributed by atoms with van der Waals surface area (Å²) in [5.41, 5.74) is 2.75. The van der Waals surface area contributed by atoms with Crippen molar-refractivity contribution in [3.05, 3.63) is 47.1 Å². The van der Waals surface area contributed by atoms with E-state index in [1.165, 1.54) is 12.3 Å². The minimum Gasteiger partial charge on any atom is -0.335 e. The predicted molar refractivity (Wildman–Crippen MR) is 113 cm³/mol. The molecule has 0 saturated heterocycles. The molecule has 0 unspecified atom stereocenters. The van der Waals surface area contributed by atoms with Gasteiger partial charge in [0.25, 0.3) is 0 Å². The van der Waals surface area contributed by atoms with E-state index in [0.29, 0.717) is 22.3 Å². The van der Waals surface area contributed by atoms with E-state index in [4.69, 9.17) is 11.6 Å². The number of halogens is 1. The summed E-state index contributed by atoms with van der Waals surface area (Å²) in [5.74, 6) is 0. The monoisotopic (exact) mass is 428 g/mol. The second-order valence-electron chi connectivity index (χ2n) is 7.61. The lowest BCUT2D eigenvalue weighted by Gasteiger charge is -2.30. The molecule has 8 heteroatoms. The normalized spacial score (nSPS) is 14.9. The lowest BCUT2D eigenvalue weighted by molar-refractivity contribution is 0.324. The molecule has 1 aromatic carbocycles. The van der Waals surface area contributed by atoms with E-state index < -0.39 is 10.0 Å². The summed E-state index contributed by atoms with van der Waals surface area (Å²) < 4.78 is 29.5. The van der Waals surface area contributed by atoms with Crippen molar-refractivity contribution in [2.24, 2.45) is 0 Å². The quantitative estimate of drug-likeness (QED) is 0.641. The Hall–Kier alpha value is -2.40. The number of nitriles is 1. The molecule has 0 aliphatic heterocycles. The van der Waals surface area contributed by atoms with Crippen LogP contribution in [-0.4, -0.2) is 24.0 Å². The van der Waals surface area contributed by atoms with E-state index in [2.05, 4.69) is 20.3 Å². The van der Waals surface area contributed by atoms with Crippen LogP contribution in [0.1, 0.15) is 44.7 Å².